The van der Waals surface area contributed by atoms with E-state index in [0.29, 0.717) is 17.5 Å². The Morgan fingerprint density at radius 3 is 1.22 bits per heavy atom. The second-order valence-corrected chi connectivity index (χ2v) is 12.9. The van der Waals surface area contributed by atoms with Gasteiger partial charge in [0.05, 0.1) is 11.0 Å². The van der Waals surface area contributed by atoms with Gasteiger partial charge in [-0.1, -0.05) is 140 Å². The minimum absolute atomic E-state index is 0.641. The molecule has 0 N–H and O–H groups in total. The van der Waals surface area contributed by atoms with Gasteiger partial charge < -0.3 is 4.57 Å². The Morgan fingerprint density at radius 1 is 0.294 bits per heavy atom. The zero-order valence-electron chi connectivity index (χ0n) is 27.6. The van der Waals surface area contributed by atoms with Gasteiger partial charge in [-0.25, -0.2) is 15.0 Å². The van der Waals surface area contributed by atoms with Crippen LogP contribution in [0.2, 0.25) is 0 Å². The smallest absolute Gasteiger partial charge is 0.164 e. The Kier molecular flexibility index (Phi) is 6.78. The molecule has 10 aromatic rings. The van der Waals surface area contributed by atoms with Crippen LogP contribution in [-0.4, -0.2) is 19.5 Å². The Balaban J connectivity index is 1.13. The van der Waals surface area contributed by atoms with Crippen molar-refractivity contribution < 1.29 is 0 Å². The van der Waals surface area contributed by atoms with Crippen LogP contribution in [0.15, 0.2) is 182 Å². The van der Waals surface area contributed by atoms with E-state index < -0.39 is 0 Å². The van der Waals surface area contributed by atoms with Crippen LogP contribution in [0.1, 0.15) is 0 Å². The highest BCUT2D eigenvalue weighted by molar-refractivity contribution is 6.16. The van der Waals surface area contributed by atoms with E-state index in [1.54, 1.807) is 0 Å². The maximum atomic E-state index is 4.98. The van der Waals surface area contributed by atoms with Gasteiger partial charge in [0.25, 0.3) is 0 Å². The molecule has 8 aromatic carbocycles. The van der Waals surface area contributed by atoms with E-state index in [0.717, 1.165) is 33.5 Å². The quantitative estimate of drug-likeness (QED) is 0.186. The first-order chi connectivity index (χ1) is 25.2. The van der Waals surface area contributed by atoms with Gasteiger partial charge in [0.1, 0.15) is 0 Å². The van der Waals surface area contributed by atoms with Crippen molar-refractivity contribution in [3.63, 3.8) is 0 Å². The number of rotatable bonds is 5. The van der Waals surface area contributed by atoms with Crippen LogP contribution in [-0.2, 0) is 0 Å². The van der Waals surface area contributed by atoms with Crippen molar-refractivity contribution in [3.05, 3.63) is 182 Å². The highest BCUT2D eigenvalue weighted by Crippen LogP contribution is 2.38. The largest absolute Gasteiger partial charge is 0.309 e. The van der Waals surface area contributed by atoms with Crippen molar-refractivity contribution in [2.75, 3.05) is 0 Å². The molecule has 0 aliphatic carbocycles. The van der Waals surface area contributed by atoms with Crippen molar-refractivity contribution >= 4 is 43.4 Å². The predicted molar refractivity (Wildman–Crippen MR) is 211 cm³/mol. The second-order valence-electron chi connectivity index (χ2n) is 12.9. The maximum Gasteiger partial charge on any atom is 0.164 e. The van der Waals surface area contributed by atoms with Crippen LogP contribution in [0, 0.1) is 0 Å². The van der Waals surface area contributed by atoms with Gasteiger partial charge in [0.15, 0.2) is 17.5 Å². The van der Waals surface area contributed by atoms with Gasteiger partial charge in [0, 0.05) is 33.2 Å². The summed E-state index contributed by atoms with van der Waals surface area (Å²) in [6, 6.07) is 64.1. The van der Waals surface area contributed by atoms with Crippen LogP contribution in [0.25, 0.3) is 94.3 Å². The molecule has 0 unspecified atom stereocenters. The molecular weight excluding hydrogens is 621 g/mol. The summed E-state index contributed by atoms with van der Waals surface area (Å²) in [7, 11) is 0. The third-order valence-corrected chi connectivity index (χ3v) is 9.76. The Labute approximate surface area is 295 Å². The summed E-state index contributed by atoms with van der Waals surface area (Å²) in [6.07, 6.45) is 0. The van der Waals surface area contributed by atoms with Crippen molar-refractivity contribution in [2.24, 2.45) is 0 Å². The lowest BCUT2D eigenvalue weighted by Gasteiger charge is -2.12. The third-order valence-electron chi connectivity index (χ3n) is 9.76. The lowest BCUT2D eigenvalue weighted by Crippen LogP contribution is -2.00. The Morgan fingerprint density at radius 2 is 0.686 bits per heavy atom. The average Bonchev–Trinajstić information content (AvgIpc) is 3.51. The minimum atomic E-state index is 0.641. The Bertz CT molecular complexity index is 2760. The van der Waals surface area contributed by atoms with E-state index >= 15 is 0 Å². The number of hydrogen-bond donors (Lipinski definition) is 0. The van der Waals surface area contributed by atoms with Crippen molar-refractivity contribution in [1.29, 1.82) is 0 Å². The van der Waals surface area contributed by atoms with E-state index in [2.05, 4.69) is 126 Å². The first-order valence-electron chi connectivity index (χ1n) is 17.2. The molecule has 0 bridgehead atoms. The molecule has 2 heterocycles. The van der Waals surface area contributed by atoms with Gasteiger partial charge in [-0.15, -0.1) is 0 Å². The van der Waals surface area contributed by atoms with Gasteiger partial charge in [-0.2, -0.15) is 0 Å². The van der Waals surface area contributed by atoms with E-state index in [1.165, 1.54) is 43.4 Å². The molecule has 0 amide bonds. The minimum Gasteiger partial charge on any atom is -0.309 e. The topological polar surface area (TPSA) is 43.6 Å². The lowest BCUT2D eigenvalue weighted by molar-refractivity contribution is 1.07. The van der Waals surface area contributed by atoms with Crippen LogP contribution in [0.5, 0.6) is 0 Å². The summed E-state index contributed by atoms with van der Waals surface area (Å²) in [5, 5.41) is 7.44. The Hall–Kier alpha value is -6.91. The van der Waals surface area contributed by atoms with E-state index in [-0.39, 0.29) is 0 Å². The molecule has 0 aliphatic heterocycles. The molecule has 0 atom stereocenters. The summed E-state index contributed by atoms with van der Waals surface area (Å²) in [5.74, 6) is 1.94. The van der Waals surface area contributed by atoms with Crippen LogP contribution in [0.4, 0.5) is 0 Å². The van der Waals surface area contributed by atoms with Crippen LogP contribution < -0.4 is 0 Å². The van der Waals surface area contributed by atoms with Crippen molar-refractivity contribution in [1.82, 2.24) is 19.5 Å². The monoisotopic (exact) mass is 650 g/mol. The molecule has 4 nitrogen and oxygen atoms in total. The average molecular weight is 651 g/mol. The van der Waals surface area contributed by atoms with Gasteiger partial charge >= 0.3 is 0 Å². The molecule has 238 valence electrons. The summed E-state index contributed by atoms with van der Waals surface area (Å²) >= 11 is 0. The first-order valence-corrected chi connectivity index (χ1v) is 17.2. The fourth-order valence-corrected chi connectivity index (χ4v) is 7.27. The van der Waals surface area contributed by atoms with E-state index in [1.807, 2.05) is 60.7 Å². The highest BCUT2D eigenvalue weighted by Gasteiger charge is 2.16. The van der Waals surface area contributed by atoms with Crippen molar-refractivity contribution in [2.45, 2.75) is 0 Å². The third kappa shape index (κ3) is 5.13. The van der Waals surface area contributed by atoms with Gasteiger partial charge in [0.2, 0.25) is 0 Å². The zero-order valence-corrected chi connectivity index (χ0v) is 27.6. The van der Waals surface area contributed by atoms with Crippen LogP contribution in [0.3, 0.4) is 0 Å². The van der Waals surface area contributed by atoms with Gasteiger partial charge in [-0.05, 0) is 75.1 Å². The SMILES string of the molecule is c1ccc(-c2nc(-c3ccccc3)nc(-c3cccc(-c4cccc(-n5c6cc7ccccc7cc6c6cc7ccccc7cc65)c4)c3)n2)cc1. The molecule has 10 rings (SSSR count). The molecule has 0 saturated carbocycles. The molecule has 0 fully saturated rings. The molecule has 0 radical (unpaired) electrons. The maximum absolute atomic E-state index is 4.98. The molecule has 0 spiro atoms. The standard InChI is InChI=1S/C47H30N4/c1-3-13-31(14-4-1)45-48-46(32-15-5-2-6-16-32)50-47(49-45)39-23-11-21-33(25-39)34-22-12-24-40(26-34)51-43-29-37-19-9-7-17-35(37)27-41(43)42-28-36-18-8-10-20-38(36)30-44(42)51/h1-30H. The number of fused-ring (bicyclic) bond motifs is 5. The molecular formula is C47H30N4. The summed E-state index contributed by atoms with van der Waals surface area (Å²) in [5.41, 5.74) is 8.54. The number of aromatic nitrogens is 4. The number of benzene rings is 8. The highest BCUT2D eigenvalue weighted by atomic mass is 15.0. The summed E-state index contributed by atoms with van der Waals surface area (Å²) < 4.78 is 2.42. The molecule has 2 aromatic heterocycles. The number of hydrogen-bond acceptors (Lipinski definition) is 3. The number of nitrogens with zero attached hydrogens (tertiary/aromatic N) is 4. The molecule has 0 saturated heterocycles. The normalized spacial score (nSPS) is 11.5. The van der Waals surface area contributed by atoms with E-state index in [4.69, 9.17) is 15.0 Å². The summed E-state index contributed by atoms with van der Waals surface area (Å²) in [6.45, 7) is 0. The summed E-state index contributed by atoms with van der Waals surface area (Å²) in [4.78, 5) is 14.9. The zero-order chi connectivity index (χ0) is 33.7. The second kappa shape index (κ2) is 11.9. The molecule has 4 heteroatoms. The fourth-order valence-electron chi connectivity index (χ4n) is 7.27. The molecule has 0 aliphatic rings. The predicted octanol–water partition coefficient (Wildman–Crippen LogP) is 11.9. The molecule has 51 heavy (non-hydrogen) atoms. The van der Waals surface area contributed by atoms with Crippen LogP contribution >= 0.6 is 0 Å². The fraction of sp³-hybridized carbons (Fsp3) is 0. The first kappa shape index (κ1) is 29.0. The van der Waals surface area contributed by atoms with E-state index in [9.17, 15) is 0 Å². The lowest BCUT2D eigenvalue weighted by atomic mass is 10.0. The van der Waals surface area contributed by atoms with Gasteiger partial charge in [-0.3, -0.25) is 0 Å². The van der Waals surface area contributed by atoms with Crippen molar-refractivity contribution in [3.8, 4) is 51.0 Å².